The van der Waals surface area contributed by atoms with Crippen LogP contribution in [0.3, 0.4) is 0 Å². The van der Waals surface area contributed by atoms with Gasteiger partial charge in [0.15, 0.2) is 28.6 Å². The molecule has 1 atom stereocenters. The standard InChI is InChI=1S/C20H21NO5/c1-12(13-8-9-15(23-2)17(10-13)25-4)21-20(22)18-11-14-6-5-7-16(24-3)19(14)26-18/h5-12H,1-4H3,(H,21,22). The Morgan fingerprint density at radius 1 is 0.962 bits per heavy atom. The van der Waals surface area contributed by atoms with Crippen LogP contribution in [0.4, 0.5) is 0 Å². The Morgan fingerprint density at radius 2 is 1.69 bits per heavy atom. The maximum atomic E-state index is 12.6. The first-order chi connectivity index (χ1) is 12.6. The molecule has 0 bridgehead atoms. The second kappa shape index (κ2) is 7.39. The maximum absolute atomic E-state index is 12.6. The summed E-state index contributed by atoms with van der Waals surface area (Å²) < 4.78 is 21.5. The highest BCUT2D eigenvalue weighted by Crippen LogP contribution is 2.31. The number of amides is 1. The van der Waals surface area contributed by atoms with Crippen molar-refractivity contribution in [2.75, 3.05) is 21.3 Å². The molecule has 0 aliphatic rings. The minimum Gasteiger partial charge on any atom is -0.493 e. The highest BCUT2D eigenvalue weighted by Gasteiger charge is 2.18. The Kier molecular flexibility index (Phi) is 5.02. The number of furan rings is 1. The topological polar surface area (TPSA) is 69.9 Å². The average Bonchev–Trinajstić information content (AvgIpc) is 3.11. The molecule has 136 valence electrons. The van der Waals surface area contributed by atoms with Crippen molar-refractivity contribution in [3.63, 3.8) is 0 Å². The van der Waals surface area contributed by atoms with E-state index >= 15 is 0 Å². The molecule has 1 heterocycles. The van der Waals surface area contributed by atoms with Gasteiger partial charge in [0.05, 0.1) is 27.4 Å². The van der Waals surface area contributed by atoms with Gasteiger partial charge in [-0.25, -0.2) is 0 Å². The minimum atomic E-state index is -0.300. The van der Waals surface area contributed by atoms with Gasteiger partial charge in [-0.15, -0.1) is 0 Å². The van der Waals surface area contributed by atoms with Gasteiger partial charge in [-0.1, -0.05) is 18.2 Å². The van der Waals surface area contributed by atoms with Crippen molar-refractivity contribution in [1.82, 2.24) is 5.32 Å². The Morgan fingerprint density at radius 3 is 2.38 bits per heavy atom. The monoisotopic (exact) mass is 355 g/mol. The number of carbonyl (C=O) groups excluding carboxylic acids is 1. The fraction of sp³-hybridized carbons (Fsp3) is 0.250. The lowest BCUT2D eigenvalue weighted by Crippen LogP contribution is -2.26. The van der Waals surface area contributed by atoms with Crippen LogP contribution in [0.5, 0.6) is 17.2 Å². The van der Waals surface area contributed by atoms with Gasteiger partial charge in [-0.3, -0.25) is 4.79 Å². The number of nitrogens with one attached hydrogen (secondary N) is 1. The lowest BCUT2D eigenvalue weighted by atomic mass is 10.1. The SMILES string of the molecule is COc1ccc(C(C)NC(=O)c2cc3cccc(OC)c3o2)cc1OC. The van der Waals surface area contributed by atoms with Crippen molar-refractivity contribution < 1.29 is 23.4 Å². The second-order valence-corrected chi connectivity index (χ2v) is 5.80. The number of fused-ring (bicyclic) bond motifs is 1. The van der Waals surface area contributed by atoms with Crippen molar-refractivity contribution in [3.8, 4) is 17.2 Å². The van der Waals surface area contributed by atoms with Crippen LogP contribution in [-0.2, 0) is 0 Å². The number of rotatable bonds is 6. The van der Waals surface area contributed by atoms with Crippen LogP contribution >= 0.6 is 0 Å². The number of hydrogen-bond donors (Lipinski definition) is 1. The highest BCUT2D eigenvalue weighted by atomic mass is 16.5. The number of hydrogen-bond acceptors (Lipinski definition) is 5. The lowest BCUT2D eigenvalue weighted by molar-refractivity contribution is 0.0914. The van der Waals surface area contributed by atoms with Crippen LogP contribution in [0.25, 0.3) is 11.0 Å². The van der Waals surface area contributed by atoms with Crippen LogP contribution in [0.15, 0.2) is 46.9 Å². The number of benzene rings is 2. The summed E-state index contributed by atoms with van der Waals surface area (Å²) in [5.41, 5.74) is 1.45. The number of carbonyl (C=O) groups is 1. The molecule has 1 amide bonds. The van der Waals surface area contributed by atoms with Crippen molar-refractivity contribution in [2.24, 2.45) is 0 Å². The van der Waals surface area contributed by atoms with E-state index in [1.807, 2.05) is 37.3 Å². The van der Waals surface area contributed by atoms with E-state index in [1.165, 1.54) is 0 Å². The first kappa shape index (κ1) is 17.7. The summed E-state index contributed by atoms with van der Waals surface area (Å²) >= 11 is 0. The van der Waals surface area contributed by atoms with Gasteiger partial charge in [0.1, 0.15) is 0 Å². The molecule has 1 N–H and O–H groups in total. The first-order valence-corrected chi connectivity index (χ1v) is 8.16. The predicted molar refractivity (Wildman–Crippen MR) is 98.2 cm³/mol. The van der Waals surface area contributed by atoms with Gasteiger partial charge in [-0.05, 0) is 36.8 Å². The second-order valence-electron chi connectivity index (χ2n) is 5.80. The molecule has 0 saturated heterocycles. The zero-order chi connectivity index (χ0) is 18.7. The summed E-state index contributed by atoms with van der Waals surface area (Å²) in [6.07, 6.45) is 0. The summed E-state index contributed by atoms with van der Waals surface area (Å²) in [6, 6.07) is 12.5. The molecule has 3 aromatic rings. The van der Waals surface area contributed by atoms with Gasteiger partial charge in [-0.2, -0.15) is 0 Å². The van der Waals surface area contributed by atoms with Crippen molar-refractivity contribution in [1.29, 1.82) is 0 Å². The van der Waals surface area contributed by atoms with E-state index in [2.05, 4.69) is 5.32 Å². The summed E-state index contributed by atoms with van der Waals surface area (Å²) in [5.74, 6) is 1.77. The van der Waals surface area contributed by atoms with Crippen LogP contribution in [0.1, 0.15) is 29.1 Å². The van der Waals surface area contributed by atoms with Gasteiger partial charge in [0.2, 0.25) is 0 Å². The van der Waals surface area contributed by atoms with E-state index in [0.717, 1.165) is 10.9 Å². The Bertz CT molecular complexity index is 931. The number of para-hydroxylation sites is 1. The normalized spacial score (nSPS) is 11.8. The molecule has 3 rings (SSSR count). The van der Waals surface area contributed by atoms with E-state index in [-0.39, 0.29) is 17.7 Å². The summed E-state index contributed by atoms with van der Waals surface area (Å²) in [7, 11) is 4.72. The van der Waals surface area contributed by atoms with Crippen LogP contribution in [0.2, 0.25) is 0 Å². The van der Waals surface area contributed by atoms with Gasteiger partial charge in [0.25, 0.3) is 5.91 Å². The molecule has 1 unspecified atom stereocenters. The summed E-state index contributed by atoms with van der Waals surface area (Å²) in [4.78, 5) is 12.6. The summed E-state index contributed by atoms with van der Waals surface area (Å²) in [5, 5.41) is 3.74. The smallest absolute Gasteiger partial charge is 0.287 e. The van der Waals surface area contributed by atoms with Crippen molar-refractivity contribution >= 4 is 16.9 Å². The molecule has 1 aromatic heterocycles. The molecule has 0 aliphatic heterocycles. The lowest BCUT2D eigenvalue weighted by Gasteiger charge is -2.16. The van der Waals surface area contributed by atoms with Crippen LogP contribution in [-0.4, -0.2) is 27.2 Å². The van der Waals surface area contributed by atoms with E-state index in [4.69, 9.17) is 18.6 Å². The molecule has 0 radical (unpaired) electrons. The fourth-order valence-electron chi connectivity index (χ4n) is 2.78. The molecule has 6 heteroatoms. The Balaban J connectivity index is 1.81. The van der Waals surface area contributed by atoms with E-state index in [0.29, 0.717) is 22.8 Å². The van der Waals surface area contributed by atoms with Crippen LogP contribution in [0, 0.1) is 0 Å². The number of methoxy groups -OCH3 is 3. The molecule has 6 nitrogen and oxygen atoms in total. The van der Waals surface area contributed by atoms with E-state index in [1.54, 1.807) is 33.5 Å². The maximum Gasteiger partial charge on any atom is 0.287 e. The van der Waals surface area contributed by atoms with Gasteiger partial charge < -0.3 is 23.9 Å². The molecule has 26 heavy (non-hydrogen) atoms. The summed E-state index contributed by atoms with van der Waals surface area (Å²) in [6.45, 7) is 1.89. The molecule has 0 fully saturated rings. The highest BCUT2D eigenvalue weighted by molar-refractivity contribution is 5.97. The molecule has 0 saturated carbocycles. The molecular formula is C20H21NO5. The Labute approximate surface area is 151 Å². The third-order valence-corrected chi connectivity index (χ3v) is 4.21. The largest absolute Gasteiger partial charge is 0.493 e. The fourth-order valence-corrected chi connectivity index (χ4v) is 2.78. The Hall–Kier alpha value is -3.15. The first-order valence-electron chi connectivity index (χ1n) is 8.16. The van der Waals surface area contributed by atoms with Crippen molar-refractivity contribution in [3.05, 3.63) is 53.8 Å². The van der Waals surface area contributed by atoms with E-state index < -0.39 is 0 Å². The number of ether oxygens (including phenoxy) is 3. The quantitative estimate of drug-likeness (QED) is 0.725. The zero-order valence-corrected chi connectivity index (χ0v) is 15.2. The van der Waals surface area contributed by atoms with E-state index in [9.17, 15) is 4.79 Å². The zero-order valence-electron chi connectivity index (χ0n) is 15.2. The molecular weight excluding hydrogens is 334 g/mol. The molecule has 2 aromatic carbocycles. The minimum absolute atomic E-state index is 0.233. The van der Waals surface area contributed by atoms with Gasteiger partial charge in [0, 0.05) is 5.39 Å². The predicted octanol–water partition coefficient (Wildman–Crippen LogP) is 3.95. The van der Waals surface area contributed by atoms with Crippen LogP contribution < -0.4 is 19.5 Å². The van der Waals surface area contributed by atoms with Gasteiger partial charge >= 0.3 is 0 Å². The third kappa shape index (κ3) is 3.31. The average molecular weight is 355 g/mol. The molecule has 0 aliphatic carbocycles. The van der Waals surface area contributed by atoms with Crippen molar-refractivity contribution in [2.45, 2.75) is 13.0 Å². The molecule has 0 spiro atoms. The third-order valence-electron chi connectivity index (χ3n) is 4.21.